The SMILES string of the molecule is CCCCCCC(C)(CC)OCCCCCC(=O)N(C)C. The number of carbonyl (C=O) groups is 1. The quantitative estimate of drug-likeness (QED) is 0.458. The number of hydrogen-bond acceptors (Lipinski definition) is 2. The van der Waals surface area contributed by atoms with Gasteiger partial charge >= 0.3 is 0 Å². The van der Waals surface area contributed by atoms with Crippen LogP contribution in [-0.4, -0.2) is 37.1 Å². The molecule has 1 atom stereocenters. The molecule has 0 saturated heterocycles. The summed E-state index contributed by atoms with van der Waals surface area (Å²) in [6.45, 7) is 7.54. The molecule has 21 heavy (non-hydrogen) atoms. The third-order valence-corrected chi connectivity index (χ3v) is 4.29. The first kappa shape index (κ1) is 20.4. The summed E-state index contributed by atoms with van der Waals surface area (Å²) in [5.74, 6) is 0.227. The molecule has 3 nitrogen and oxygen atoms in total. The zero-order valence-electron chi connectivity index (χ0n) is 15.0. The molecule has 0 aliphatic rings. The average Bonchev–Trinajstić information content (AvgIpc) is 2.47. The van der Waals surface area contributed by atoms with Crippen molar-refractivity contribution in [3.63, 3.8) is 0 Å². The van der Waals surface area contributed by atoms with Crippen molar-refractivity contribution in [1.29, 1.82) is 0 Å². The van der Waals surface area contributed by atoms with E-state index in [4.69, 9.17) is 4.74 Å². The van der Waals surface area contributed by atoms with Gasteiger partial charge in [0.25, 0.3) is 0 Å². The molecule has 0 spiro atoms. The number of nitrogens with zero attached hydrogens (tertiary/aromatic N) is 1. The van der Waals surface area contributed by atoms with Gasteiger partial charge in [0.2, 0.25) is 5.91 Å². The number of carbonyl (C=O) groups excluding carboxylic acids is 1. The molecule has 126 valence electrons. The van der Waals surface area contributed by atoms with E-state index in [0.717, 1.165) is 32.3 Å². The number of unbranched alkanes of at least 4 members (excludes halogenated alkanes) is 5. The van der Waals surface area contributed by atoms with Crippen LogP contribution in [-0.2, 0) is 9.53 Å². The molecule has 0 rings (SSSR count). The lowest BCUT2D eigenvalue weighted by atomic mass is 9.95. The van der Waals surface area contributed by atoms with E-state index in [1.54, 1.807) is 4.90 Å². The number of rotatable bonds is 13. The van der Waals surface area contributed by atoms with Crippen LogP contribution in [0.5, 0.6) is 0 Å². The van der Waals surface area contributed by atoms with Crippen LogP contribution in [0.3, 0.4) is 0 Å². The van der Waals surface area contributed by atoms with Gasteiger partial charge in [0, 0.05) is 27.1 Å². The number of ether oxygens (including phenoxy) is 1. The molecule has 0 aliphatic heterocycles. The molecule has 0 radical (unpaired) electrons. The second kappa shape index (κ2) is 12.0. The summed E-state index contributed by atoms with van der Waals surface area (Å²) in [6.07, 6.45) is 11.2. The van der Waals surface area contributed by atoms with E-state index in [9.17, 15) is 4.79 Å². The first-order valence-electron chi connectivity index (χ1n) is 8.79. The van der Waals surface area contributed by atoms with Gasteiger partial charge < -0.3 is 9.64 Å². The van der Waals surface area contributed by atoms with Crippen molar-refractivity contribution in [2.45, 2.75) is 90.6 Å². The standard InChI is InChI=1S/C18H37NO2/c1-6-8-9-12-15-18(3,7-2)21-16-13-10-11-14-17(20)19(4)5/h6-16H2,1-5H3. The van der Waals surface area contributed by atoms with Gasteiger partial charge in [0.15, 0.2) is 0 Å². The van der Waals surface area contributed by atoms with Gasteiger partial charge in [0.05, 0.1) is 5.60 Å². The lowest BCUT2D eigenvalue weighted by Crippen LogP contribution is -2.28. The molecule has 0 N–H and O–H groups in total. The van der Waals surface area contributed by atoms with Crippen LogP contribution in [0.4, 0.5) is 0 Å². The summed E-state index contributed by atoms with van der Waals surface area (Å²) in [5, 5.41) is 0. The van der Waals surface area contributed by atoms with Gasteiger partial charge in [-0.1, -0.05) is 46.0 Å². The normalized spacial score (nSPS) is 14.0. The lowest BCUT2D eigenvalue weighted by molar-refractivity contribution is -0.128. The Labute approximate surface area is 132 Å². The third-order valence-electron chi connectivity index (χ3n) is 4.29. The maximum Gasteiger partial charge on any atom is 0.222 e. The van der Waals surface area contributed by atoms with Gasteiger partial charge in [-0.2, -0.15) is 0 Å². The Bertz CT molecular complexity index is 266. The highest BCUT2D eigenvalue weighted by Gasteiger charge is 2.21. The van der Waals surface area contributed by atoms with Gasteiger partial charge in [0.1, 0.15) is 0 Å². The highest BCUT2D eigenvalue weighted by Crippen LogP contribution is 2.24. The summed E-state index contributed by atoms with van der Waals surface area (Å²) in [7, 11) is 3.63. The van der Waals surface area contributed by atoms with E-state index in [0.29, 0.717) is 6.42 Å². The molecule has 0 heterocycles. The molecule has 0 aliphatic carbocycles. The first-order valence-corrected chi connectivity index (χ1v) is 8.79. The molecule has 0 saturated carbocycles. The molecule has 0 aromatic rings. The molecule has 1 amide bonds. The molecule has 0 aromatic carbocycles. The van der Waals surface area contributed by atoms with Gasteiger partial charge in [-0.05, 0) is 32.6 Å². The van der Waals surface area contributed by atoms with E-state index in [1.165, 1.54) is 32.1 Å². The Morgan fingerprint density at radius 1 is 1.00 bits per heavy atom. The second-order valence-electron chi connectivity index (χ2n) is 6.56. The van der Waals surface area contributed by atoms with Crippen LogP contribution in [0, 0.1) is 0 Å². The third kappa shape index (κ3) is 10.8. The van der Waals surface area contributed by atoms with Crippen LogP contribution in [0.15, 0.2) is 0 Å². The molecule has 1 unspecified atom stereocenters. The van der Waals surface area contributed by atoms with Crippen molar-refractivity contribution in [3.8, 4) is 0 Å². The van der Waals surface area contributed by atoms with Crippen LogP contribution >= 0.6 is 0 Å². The average molecular weight is 299 g/mol. The lowest BCUT2D eigenvalue weighted by Gasteiger charge is -2.29. The fourth-order valence-electron chi connectivity index (χ4n) is 2.37. The number of hydrogen-bond donors (Lipinski definition) is 0. The predicted octanol–water partition coefficient (Wildman–Crippen LogP) is 4.79. The van der Waals surface area contributed by atoms with Crippen LogP contribution in [0.2, 0.25) is 0 Å². The van der Waals surface area contributed by atoms with E-state index in [-0.39, 0.29) is 11.5 Å². The Kier molecular flexibility index (Phi) is 11.7. The second-order valence-corrected chi connectivity index (χ2v) is 6.56. The van der Waals surface area contributed by atoms with Crippen LogP contribution in [0.1, 0.15) is 85.0 Å². The summed E-state index contributed by atoms with van der Waals surface area (Å²) in [6, 6.07) is 0. The monoisotopic (exact) mass is 299 g/mol. The molecule has 0 fully saturated rings. The minimum Gasteiger partial charge on any atom is -0.375 e. The first-order chi connectivity index (χ1) is 9.95. The fourth-order valence-corrected chi connectivity index (χ4v) is 2.37. The zero-order valence-corrected chi connectivity index (χ0v) is 15.0. The maximum atomic E-state index is 11.4. The summed E-state index contributed by atoms with van der Waals surface area (Å²) < 4.78 is 6.12. The summed E-state index contributed by atoms with van der Waals surface area (Å²) >= 11 is 0. The molecular formula is C18H37NO2. The van der Waals surface area contributed by atoms with Crippen LogP contribution in [0.25, 0.3) is 0 Å². The van der Waals surface area contributed by atoms with Gasteiger partial charge in [-0.3, -0.25) is 4.79 Å². The summed E-state index contributed by atoms with van der Waals surface area (Å²) in [5.41, 5.74) is 0.0488. The van der Waals surface area contributed by atoms with Gasteiger partial charge in [-0.25, -0.2) is 0 Å². The largest absolute Gasteiger partial charge is 0.375 e. The number of amides is 1. The highest BCUT2D eigenvalue weighted by atomic mass is 16.5. The van der Waals surface area contributed by atoms with E-state index in [1.807, 2.05) is 14.1 Å². The minimum absolute atomic E-state index is 0.0488. The fraction of sp³-hybridized carbons (Fsp3) is 0.944. The van der Waals surface area contributed by atoms with Crippen molar-refractivity contribution in [2.24, 2.45) is 0 Å². The minimum atomic E-state index is 0.0488. The molecule has 0 bridgehead atoms. The van der Waals surface area contributed by atoms with Crippen molar-refractivity contribution in [2.75, 3.05) is 20.7 Å². The van der Waals surface area contributed by atoms with Crippen LogP contribution < -0.4 is 0 Å². The van der Waals surface area contributed by atoms with Crippen molar-refractivity contribution < 1.29 is 9.53 Å². The van der Waals surface area contributed by atoms with Crippen molar-refractivity contribution in [3.05, 3.63) is 0 Å². The Morgan fingerprint density at radius 3 is 2.24 bits per heavy atom. The van der Waals surface area contributed by atoms with Crippen molar-refractivity contribution >= 4 is 5.91 Å². The zero-order chi connectivity index (χ0) is 16.1. The molecular weight excluding hydrogens is 262 g/mol. The Balaban J connectivity index is 3.68. The van der Waals surface area contributed by atoms with Crippen molar-refractivity contribution in [1.82, 2.24) is 4.90 Å². The molecule has 3 heteroatoms. The van der Waals surface area contributed by atoms with Gasteiger partial charge in [-0.15, -0.1) is 0 Å². The smallest absolute Gasteiger partial charge is 0.222 e. The van der Waals surface area contributed by atoms with E-state index >= 15 is 0 Å². The maximum absolute atomic E-state index is 11.4. The predicted molar refractivity (Wildman–Crippen MR) is 90.6 cm³/mol. The van der Waals surface area contributed by atoms with E-state index < -0.39 is 0 Å². The topological polar surface area (TPSA) is 29.5 Å². The molecule has 0 aromatic heterocycles. The highest BCUT2D eigenvalue weighted by molar-refractivity contribution is 5.75. The Hall–Kier alpha value is -0.570. The van der Waals surface area contributed by atoms with E-state index in [2.05, 4.69) is 20.8 Å². The Morgan fingerprint density at radius 2 is 1.67 bits per heavy atom. The summed E-state index contributed by atoms with van der Waals surface area (Å²) in [4.78, 5) is 13.1.